The molecule has 0 amide bonds. The van der Waals surface area contributed by atoms with Gasteiger partial charge in [0.15, 0.2) is 0 Å². The summed E-state index contributed by atoms with van der Waals surface area (Å²) in [6, 6.07) is 0. The number of hydrogen-bond acceptors (Lipinski definition) is 4. The maximum Gasteiger partial charge on any atom is 0.257 e. The molecule has 1 N–H and O–H groups in total. The van der Waals surface area contributed by atoms with Crippen LogP contribution in [0.1, 0.15) is 19.3 Å². The summed E-state index contributed by atoms with van der Waals surface area (Å²) in [5, 5.41) is 3.67. The van der Waals surface area contributed by atoms with E-state index in [1.807, 2.05) is 0 Å². The van der Waals surface area contributed by atoms with Gasteiger partial charge in [-0.25, -0.2) is 17.2 Å². The molecule has 2 heterocycles. The average Bonchev–Trinajstić information content (AvgIpc) is 2.75. The molecule has 0 unspecified atom stereocenters. The molecule has 0 spiro atoms. The molecule has 20 heavy (non-hydrogen) atoms. The molecule has 0 bridgehead atoms. The fraction of sp³-hybridized carbons (Fsp3) is 0.727. The van der Waals surface area contributed by atoms with Crippen LogP contribution in [-0.4, -0.2) is 43.1 Å². The molecule has 2 rings (SSSR count). The van der Waals surface area contributed by atoms with Gasteiger partial charge in [0.2, 0.25) is 10.0 Å². The van der Waals surface area contributed by atoms with Crippen molar-refractivity contribution in [2.45, 2.75) is 38.3 Å². The first kappa shape index (κ1) is 15.2. The third-order valence-corrected chi connectivity index (χ3v) is 4.27. The Labute approximate surface area is 116 Å². The van der Waals surface area contributed by atoms with Gasteiger partial charge in [0, 0.05) is 12.8 Å². The van der Waals surface area contributed by atoms with Gasteiger partial charge in [-0.2, -0.15) is 5.10 Å². The molecule has 1 fully saturated rings. The van der Waals surface area contributed by atoms with Gasteiger partial charge in [-0.1, -0.05) is 0 Å². The van der Waals surface area contributed by atoms with Crippen molar-refractivity contribution in [3.05, 3.63) is 12.4 Å². The largest absolute Gasteiger partial charge is 0.377 e. The average molecular weight is 309 g/mol. The lowest BCUT2D eigenvalue weighted by Gasteiger charge is -2.22. The minimum Gasteiger partial charge on any atom is -0.377 e. The number of hydrogen-bond donors (Lipinski definition) is 1. The maximum absolute atomic E-state index is 12.2. The normalized spacial score (nSPS) is 20.2. The van der Waals surface area contributed by atoms with E-state index in [1.54, 1.807) is 0 Å². The molecule has 1 saturated heterocycles. The highest BCUT2D eigenvalue weighted by Gasteiger charge is 2.22. The van der Waals surface area contributed by atoms with Gasteiger partial charge in [0.1, 0.15) is 6.54 Å². The fourth-order valence-corrected chi connectivity index (χ4v) is 3.36. The van der Waals surface area contributed by atoms with Gasteiger partial charge < -0.3 is 4.74 Å². The van der Waals surface area contributed by atoms with Crippen molar-refractivity contribution in [3.8, 4) is 0 Å². The van der Waals surface area contributed by atoms with Crippen molar-refractivity contribution in [1.82, 2.24) is 9.78 Å². The number of sulfonamides is 1. The summed E-state index contributed by atoms with van der Waals surface area (Å²) in [5.41, 5.74) is 0.182. The van der Waals surface area contributed by atoms with Crippen LogP contribution in [0.25, 0.3) is 0 Å². The zero-order valence-electron chi connectivity index (χ0n) is 10.8. The van der Waals surface area contributed by atoms with Crippen LogP contribution in [0.5, 0.6) is 0 Å². The molecule has 0 radical (unpaired) electrons. The van der Waals surface area contributed by atoms with Crippen LogP contribution in [0.3, 0.4) is 0 Å². The minimum atomic E-state index is -3.57. The van der Waals surface area contributed by atoms with Crippen LogP contribution in [-0.2, 0) is 21.3 Å². The molecular weight excluding hydrogens is 292 g/mol. The first-order chi connectivity index (χ1) is 9.44. The lowest BCUT2D eigenvalue weighted by molar-refractivity contribution is 0.0306. The number of nitrogens with zero attached hydrogens (tertiary/aromatic N) is 2. The summed E-state index contributed by atoms with van der Waals surface area (Å²) >= 11 is 0. The molecule has 1 aliphatic rings. The third kappa shape index (κ3) is 4.71. The maximum atomic E-state index is 12.2. The van der Waals surface area contributed by atoms with E-state index in [0.29, 0.717) is 13.0 Å². The second-order valence-electron chi connectivity index (χ2n) is 4.71. The summed E-state index contributed by atoms with van der Waals surface area (Å²) in [4.78, 5) is 0. The molecule has 1 aromatic heterocycles. The molecule has 0 aromatic carbocycles. The minimum absolute atomic E-state index is 0.132. The second-order valence-corrected chi connectivity index (χ2v) is 6.48. The number of rotatable bonds is 6. The molecule has 9 heteroatoms. The number of aromatic nitrogens is 2. The SMILES string of the molecule is O=S(=O)(C[C@@H]1CCCCO1)Nc1cnn(CC(F)F)c1. The predicted molar refractivity (Wildman–Crippen MR) is 69.2 cm³/mol. The fourth-order valence-electron chi connectivity index (χ4n) is 2.06. The summed E-state index contributed by atoms with van der Waals surface area (Å²) in [6.07, 6.45) is 2.22. The van der Waals surface area contributed by atoms with Crippen LogP contribution in [0.4, 0.5) is 14.5 Å². The zero-order chi connectivity index (χ0) is 14.6. The topological polar surface area (TPSA) is 73.2 Å². The lowest BCUT2D eigenvalue weighted by atomic mass is 10.1. The number of alkyl halides is 2. The Morgan fingerprint density at radius 1 is 1.50 bits per heavy atom. The molecule has 1 aliphatic heterocycles. The van der Waals surface area contributed by atoms with Crippen LogP contribution < -0.4 is 4.72 Å². The van der Waals surface area contributed by atoms with Gasteiger partial charge in [-0.15, -0.1) is 0 Å². The Hall–Kier alpha value is -1.22. The van der Waals surface area contributed by atoms with E-state index in [0.717, 1.165) is 17.5 Å². The number of nitrogens with one attached hydrogen (secondary N) is 1. The van der Waals surface area contributed by atoms with Gasteiger partial charge in [-0.05, 0) is 19.3 Å². The second kappa shape index (κ2) is 6.49. The Bertz CT molecular complexity index is 527. The first-order valence-electron chi connectivity index (χ1n) is 6.37. The summed E-state index contributed by atoms with van der Waals surface area (Å²) < 4.78 is 56.9. The molecule has 1 atom stereocenters. The Morgan fingerprint density at radius 3 is 2.95 bits per heavy atom. The smallest absolute Gasteiger partial charge is 0.257 e. The highest BCUT2D eigenvalue weighted by Crippen LogP contribution is 2.16. The van der Waals surface area contributed by atoms with Gasteiger partial charge in [0.25, 0.3) is 6.43 Å². The van der Waals surface area contributed by atoms with E-state index in [1.165, 1.54) is 12.4 Å². The van der Waals surface area contributed by atoms with Crippen LogP contribution in [0.15, 0.2) is 12.4 Å². The molecule has 0 saturated carbocycles. The quantitative estimate of drug-likeness (QED) is 0.863. The number of anilines is 1. The highest BCUT2D eigenvalue weighted by molar-refractivity contribution is 7.92. The highest BCUT2D eigenvalue weighted by atomic mass is 32.2. The van der Waals surface area contributed by atoms with Crippen molar-refractivity contribution >= 4 is 15.7 Å². The number of ether oxygens (including phenoxy) is 1. The van der Waals surface area contributed by atoms with E-state index >= 15 is 0 Å². The van der Waals surface area contributed by atoms with Crippen LogP contribution in [0, 0.1) is 0 Å². The predicted octanol–water partition coefficient (Wildman–Crippen LogP) is 1.46. The number of halogens is 2. The van der Waals surface area contributed by atoms with Gasteiger partial charge >= 0.3 is 0 Å². The molecular formula is C11H17F2N3O3S. The van der Waals surface area contributed by atoms with E-state index < -0.39 is 23.0 Å². The summed E-state index contributed by atoms with van der Waals surface area (Å²) in [6.45, 7) is 0.0139. The Kier molecular flexibility index (Phi) is 4.92. The summed E-state index contributed by atoms with van der Waals surface area (Å²) in [5.74, 6) is -0.132. The van der Waals surface area contributed by atoms with Crippen LogP contribution in [0.2, 0.25) is 0 Å². The molecule has 1 aromatic rings. The summed E-state index contributed by atoms with van der Waals surface area (Å²) in [7, 11) is -3.57. The van der Waals surface area contributed by atoms with Gasteiger partial charge in [0.05, 0.1) is 23.7 Å². The van der Waals surface area contributed by atoms with E-state index in [-0.39, 0.29) is 17.5 Å². The van der Waals surface area contributed by atoms with Gasteiger partial charge in [-0.3, -0.25) is 9.40 Å². The van der Waals surface area contributed by atoms with E-state index in [4.69, 9.17) is 4.74 Å². The zero-order valence-corrected chi connectivity index (χ0v) is 11.7. The standard InChI is InChI=1S/C11H17F2N3O3S/c12-11(13)7-16-6-9(5-14-16)15-20(17,18)8-10-3-1-2-4-19-10/h5-6,10-11,15H,1-4,7-8H2/t10-/m0/s1. The Morgan fingerprint density at radius 2 is 2.30 bits per heavy atom. The lowest BCUT2D eigenvalue weighted by Crippen LogP contribution is -2.30. The van der Waals surface area contributed by atoms with Crippen molar-refractivity contribution in [3.63, 3.8) is 0 Å². The Balaban J connectivity index is 1.91. The first-order valence-corrected chi connectivity index (χ1v) is 8.02. The molecule has 0 aliphatic carbocycles. The van der Waals surface area contributed by atoms with Crippen molar-refractivity contribution in [2.24, 2.45) is 0 Å². The third-order valence-electron chi connectivity index (χ3n) is 2.91. The van der Waals surface area contributed by atoms with Crippen molar-refractivity contribution in [1.29, 1.82) is 0 Å². The van der Waals surface area contributed by atoms with Crippen LogP contribution >= 0.6 is 0 Å². The van der Waals surface area contributed by atoms with E-state index in [2.05, 4.69) is 9.82 Å². The van der Waals surface area contributed by atoms with Crippen molar-refractivity contribution in [2.75, 3.05) is 17.1 Å². The molecule has 114 valence electrons. The van der Waals surface area contributed by atoms with Crippen molar-refractivity contribution < 1.29 is 21.9 Å². The molecule has 6 nitrogen and oxygen atoms in total. The monoisotopic (exact) mass is 309 g/mol. The van der Waals surface area contributed by atoms with E-state index in [9.17, 15) is 17.2 Å².